The molecule has 196 valence electrons. The molecule has 4 aromatic rings. The first-order valence-electron chi connectivity index (χ1n) is 12.2. The molecule has 0 fully saturated rings. The average molecular weight is 551 g/mol. The highest BCUT2D eigenvalue weighted by Gasteiger charge is 2.34. The van der Waals surface area contributed by atoms with Crippen LogP contribution in [0.2, 0.25) is 5.02 Å². The van der Waals surface area contributed by atoms with Crippen molar-refractivity contribution >= 4 is 34.8 Å². The quantitative estimate of drug-likeness (QED) is 0.261. The van der Waals surface area contributed by atoms with Crippen LogP contribution in [0.25, 0.3) is 0 Å². The SMILES string of the molecule is COc1ccccc1C(=O)N(CC(=O)N1CCc2sccc2[C@@H]1COc1ccc(Cl)cc1)Cc1ccco1. The summed E-state index contributed by atoms with van der Waals surface area (Å²) in [4.78, 5) is 32.0. The summed E-state index contributed by atoms with van der Waals surface area (Å²) in [7, 11) is 1.52. The summed E-state index contributed by atoms with van der Waals surface area (Å²) in [6, 6.07) is 19.5. The molecule has 2 aromatic carbocycles. The van der Waals surface area contributed by atoms with Gasteiger partial charge in [0.1, 0.15) is 30.4 Å². The number of thiophene rings is 1. The van der Waals surface area contributed by atoms with Gasteiger partial charge >= 0.3 is 0 Å². The van der Waals surface area contributed by atoms with Gasteiger partial charge in [-0.2, -0.15) is 0 Å². The van der Waals surface area contributed by atoms with E-state index in [2.05, 4.69) is 6.07 Å². The minimum atomic E-state index is -0.311. The standard InChI is InChI=1S/C29H27ClN2O5S/c1-35-26-7-3-2-6-24(26)29(34)31(17-22-5-4-15-36-22)18-28(33)32-14-12-27-23(13-16-38-27)25(32)19-37-21-10-8-20(30)9-11-21/h2-11,13,15-16,25H,12,14,17-19H2,1H3/t25-/m0/s1. The minimum Gasteiger partial charge on any atom is -0.496 e. The molecule has 0 aliphatic carbocycles. The highest BCUT2D eigenvalue weighted by atomic mass is 35.5. The molecule has 2 amide bonds. The number of para-hydroxylation sites is 1. The number of furan rings is 1. The van der Waals surface area contributed by atoms with Gasteiger partial charge in [0.05, 0.1) is 31.5 Å². The van der Waals surface area contributed by atoms with Gasteiger partial charge in [0, 0.05) is 16.4 Å². The number of fused-ring (bicyclic) bond motifs is 1. The Morgan fingerprint density at radius 3 is 2.68 bits per heavy atom. The lowest BCUT2D eigenvalue weighted by atomic mass is 10.0. The number of halogens is 1. The third-order valence-corrected chi connectivity index (χ3v) is 7.76. The second-order valence-corrected chi connectivity index (χ2v) is 10.3. The van der Waals surface area contributed by atoms with Crippen molar-refractivity contribution in [1.82, 2.24) is 9.80 Å². The Labute approximate surface area is 230 Å². The van der Waals surface area contributed by atoms with Crippen molar-refractivity contribution in [3.8, 4) is 11.5 Å². The van der Waals surface area contributed by atoms with E-state index in [1.165, 1.54) is 16.9 Å². The Kier molecular flexibility index (Phi) is 8.00. The van der Waals surface area contributed by atoms with Crippen LogP contribution in [0.4, 0.5) is 0 Å². The van der Waals surface area contributed by atoms with Crippen LogP contribution in [0.15, 0.2) is 82.8 Å². The van der Waals surface area contributed by atoms with Gasteiger partial charge < -0.3 is 23.7 Å². The maximum Gasteiger partial charge on any atom is 0.258 e. The third-order valence-electron chi connectivity index (χ3n) is 6.51. The highest BCUT2D eigenvalue weighted by Crippen LogP contribution is 2.34. The van der Waals surface area contributed by atoms with Gasteiger partial charge in [-0.15, -0.1) is 11.3 Å². The molecule has 0 saturated heterocycles. The molecule has 0 saturated carbocycles. The summed E-state index contributed by atoms with van der Waals surface area (Å²) in [6.07, 6.45) is 2.31. The first-order valence-corrected chi connectivity index (χ1v) is 13.5. The van der Waals surface area contributed by atoms with Crippen LogP contribution in [0.3, 0.4) is 0 Å². The van der Waals surface area contributed by atoms with Crippen molar-refractivity contribution < 1.29 is 23.5 Å². The number of hydrogen-bond donors (Lipinski definition) is 0. The van der Waals surface area contributed by atoms with Gasteiger partial charge in [0.2, 0.25) is 5.91 Å². The Bertz CT molecular complexity index is 1390. The minimum absolute atomic E-state index is 0.117. The van der Waals surface area contributed by atoms with Crippen LogP contribution in [0.1, 0.15) is 32.6 Å². The largest absolute Gasteiger partial charge is 0.496 e. The summed E-state index contributed by atoms with van der Waals surface area (Å²) in [6.45, 7) is 0.863. The van der Waals surface area contributed by atoms with E-state index in [-0.39, 0.29) is 37.6 Å². The van der Waals surface area contributed by atoms with E-state index in [1.54, 1.807) is 66.1 Å². The van der Waals surface area contributed by atoms with Crippen molar-refractivity contribution in [2.45, 2.75) is 19.0 Å². The van der Waals surface area contributed by atoms with Crippen molar-refractivity contribution in [2.75, 3.05) is 26.8 Å². The molecule has 0 radical (unpaired) electrons. The molecule has 9 heteroatoms. The number of nitrogens with zero attached hydrogens (tertiary/aromatic N) is 2. The average Bonchev–Trinajstić information content (AvgIpc) is 3.64. The van der Waals surface area contributed by atoms with Crippen LogP contribution in [0.5, 0.6) is 11.5 Å². The van der Waals surface area contributed by atoms with Crippen molar-refractivity contribution in [3.05, 3.63) is 105 Å². The molecule has 0 spiro atoms. The molecular weight excluding hydrogens is 524 g/mol. The Balaban J connectivity index is 1.38. The van der Waals surface area contributed by atoms with E-state index < -0.39 is 0 Å². The fourth-order valence-electron chi connectivity index (χ4n) is 4.62. The Morgan fingerprint density at radius 2 is 1.92 bits per heavy atom. The predicted molar refractivity (Wildman–Crippen MR) is 146 cm³/mol. The van der Waals surface area contributed by atoms with Crippen molar-refractivity contribution in [3.63, 3.8) is 0 Å². The van der Waals surface area contributed by atoms with Crippen LogP contribution in [0, 0.1) is 0 Å². The predicted octanol–water partition coefficient (Wildman–Crippen LogP) is 5.85. The molecule has 3 heterocycles. The van der Waals surface area contributed by atoms with Gasteiger partial charge in [0.25, 0.3) is 5.91 Å². The number of carbonyl (C=O) groups is 2. The summed E-state index contributed by atoms with van der Waals surface area (Å²) in [5.41, 5.74) is 1.47. The number of rotatable bonds is 9. The van der Waals surface area contributed by atoms with Crippen LogP contribution >= 0.6 is 22.9 Å². The molecule has 38 heavy (non-hydrogen) atoms. The van der Waals surface area contributed by atoms with Crippen LogP contribution < -0.4 is 9.47 Å². The maximum atomic E-state index is 13.8. The summed E-state index contributed by atoms with van der Waals surface area (Å²) >= 11 is 7.70. The van der Waals surface area contributed by atoms with E-state index in [4.69, 9.17) is 25.5 Å². The third kappa shape index (κ3) is 5.71. The highest BCUT2D eigenvalue weighted by molar-refractivity contribution is 7.10. The Hall–Kier alpha value is -3.75. The lowest BCUT2D eigenvalue weighted by Crippen LogP contribution is -2.47. The molecule has 1 aliphatic heterocycles. The summed E-state index contributed by atoms with van der Waals surface area (Å²) < 4.78 is 17.0. The van der Waals surface area contributed by atoms with Gasteiger partial charge in [-0.1, -0.05) is 23.7 Å². The number of methoxy groups -OCH3 is 1. The summed E-state index contributed by atoms with van der Waals surface area (Å²) in [5.74, 6) is 1.23. The zero-order valence-corrected chi connectivity index (χ0v) is 22.4. The van der Waals surface area contributed by atoms with E-state index in [1.807, 2.05) is 22.4 Å². The van der Waals surface area contributed by atoms with Gasteiger partial charge in [-0.25, -0.2) is 0 Å². The first kappa shape index (κ1) is 25.9. The zero-order chi connectivity index (χ0) is 26.5. The fraction of sp³-hybridized carbons (Fsp3) is 0.241. The summed E-state index contributed by atoms with van der Waals surface area (Å²) in [5, 5.41) is 2.67. The topological polar surface area (TPSA) is 72.2 Å². The molecule has 0 bridgehead atoms. The number of benzene rings is 2. The normalized spacial score (nSPS) is 14.6. The van der Waals surface area contributed by atoms with E-state index in [0.717, 1.165) is 12.0 Å². The second-order valence-electron chi connectivity index (χ2n) is 8.86. The molecule has 2 aromatic heterocycles. The van der Waals surface area contributed by atoms with Crippen molar-refractivity contribution in [2.24, 2.45) is 0 Å². The molecule has 0 N–H and O–H groups in total. The van der Waals surface area contributed by atoms with Gasteiger partial charge in [-0.05, 0) is 72.0 Å². The molecule has 7 nitrogen and oxygen atoms in total. The van der Waals surface area contributed by atoms with Gasteiger partial charge in [0.15, 0.2) is 0 Å². The monoisotopic (exact) mass is 550 g/mol. The molecule has 1 atom stereocenters. The number of amides is 2. The molecule has 0 unspecified atom stereocenters. The Morgan fingerprint density at radius 1 is 1.11 bits per heavy atom. The van der Waals surface area contributed by atoms with Crippen molar-refractivity contribution in [1.29, 1.82) is 0 Å². The second kappa shape index (κ2) is 11.8. The smallest absolute Gasteiger partial charge is 0.258 e. The molecule has 1 aliphatic rings. The number of hydrogen-bond acceptors (Lipinski definition) is 6. The first-order chi connectivity index (χ1) is 18.5. The lowest BCUT2D eigenvalue weighted by molar-refractivity contribution is -0.135. The number of carbonyl (C=O) groups excluding carboxylic acids is 2. The van der Waals surface area contributed by atoms with Crippen LogP contribution in [-0.2, 0) is 17.8 Å². The number of ether oxygens (including phenoxy) is 2. The maximum absolute atomic E-state index is 13.8. The molecule has 5 rings (SSSR count). The zero-order valence-electron chi connectivity index (χ0n) is 20.8. The fourth-order valence-corrected chi connectivity index (χ4v) is 5.67. The van der Waals surface area contributed by atoms with Crippen LogP contribution in [-0.4, -0.2) is 48.4 Å². The lowest BCUT2D eigenvalue weighted by Gasteiger charge is -2.37. The van der Waals surface area contributed by atoms with E-state index in [0.29, 0.717) is 34.4 Å². The van der Waals surface area contributed by atoms with E-state index in [9.17, 15) is 9.59 Å². The molecular formula is C29H27ClN2O5S. The van der Waals surface area contributed by atoms with Gasteiger partial charge in [-0.3, -0.25) is 9.59 Å². The van der Waals surface area contributed by atoms with E-state index >= 15 is 0 Å².